The number of benzene rings is 1. The van der Waals surface area contributed by atoms with Crippen LogP contribution in [0.15, 0.2) is 33.3 Å². The van der Waals surface area contributed by atoms with Crippen LogP contribution in [0.1, 0.15) is 23.2 Å². The Morgan fingerprint density at radius 1 is 1.41 bits per heavy atom. The Labute approximate surface area is 106 Å². The van der Waals surface area contributed by atoms with Crippen molar-refractivity contribution in [1.29, 1.82) is 0 Å². The minimum absolute atomic E-state index is 0.0947. The van der Waals surface area contributed by atoms with Crippen LogP contribution in [0.2, 0.25) is 0 Å². The van der Waals surface area contributed by atoms with E-state index in [1.807, 2.05) is 0 Å². The van der Waals surface area contributed by atoms with Crippen molar-refractivity contribution in [3.8, 4) is 0 Å². The number of halogens is 1. The summed E-state index contributed by atoms with van der Waals surface area (Å²) in [7, 11) is 0. The molecule has 2 aromatic rings. The molecule has 0 radical (unpaired) electrons. The molecule has 0 saturated heterocycles. The number of rotatable bonds is 3. The molecule has 0 aliphatic rings. The van der Waals surface area contributed by atoms with Crippen LogP contribution in [-0.4, -0.2) is 21.2 Å². The van der Waals surface area contributed by atoms with Crippen molar-refractivity contribution in [2.45, 2.75) is 12.8 Å². The van der Waals surface area contributed by atoms with Crippen LogP contribution in [0, 0.1) is 6.92 Å². The highest BCUT2D eigenvalue weighted by Gasteiger charge is 2.27. The third kappa shape index (κ3) is 2.52. The van der Waals surface area contributed by atoms with Crippen LogP contribution < -0.4 is 0 Å². The molecule has 0 spiro atoms. The van der Waals surface area contributed by atoms with Gasteiger partial charge in [-0.25, -0.2) is 0 Å². The zero-order chi connectivity index (χ0) is 12.4. The van der Waals surface area contributed by atoms with E-state index in [0.717, 1.165) is 4.47 Å². The molecule has 1 heterocycles. The molecule has 0 bridgehead atoms. The molecule has 0 aliphatic carbocycles. The summed E-state index contributed by atoms with van der Waals surface area (Å²) in [5.74, 6) is -1.43. The van der Waals surface area contributed by atoms with Crippen LogP contribution in [0.25, 0.3) is 0 Å². The average Bonchev–Trinajstić information content (AvgIpc) is 2.68. The Morgan fingerprint density at radius 3 is 2.53 bits per heavy atom. The maximum absolute atomic E-state index is 11.3. The number of aryl methyl sites for hydroxylation is 1. The number of aromatic nitrogens is 2. The van der Waals surface area contributed by atoms with Gasteiger partial charge in [0.15, 0.2) is 11.7 Å². The minimum Gasteiger partial charge on any atom is -0.480 e. The number of carboxylic acids is 1. The average molecular weight is 297 g/mol. The molecule has 1 aromatic carbocycles. The predicted molar refractivity (Wildman–Crippen MR) is 62.7 cm³/mol. The molecule has 1 aromatic heterocycles. The fourth-order valence-electron chi connectivity index (χ4n) is 1.48. The summed E-state index contributed by atoms with van der Waals surface area (Å²) in [6.07, 6.45) is 0. The first kappa shape index (κ1) is 11.8. The zero-order valence-electron chi connectivity index (χ0n) is 8.92. The second-order valence-electron chi connectivity index (χ2n) is 3.50. The van der Waals surface area contributed by atoms with Gasteiger partial charge in [-0.3, -0.25) is 4.79 Å². The Hall–Kier alpha value is -1.69. The van der Waals surface area contributed by atoms with Crippen molar-refractivity contribution in [1.82, 2.24) is 10.1 Å². The van der Waals surface area contributed by atoms with Gasteiger partial charge in [-0.1, -0.05) is 33.2 Å². The van der Waals surface area contributed by atoms with Crippen molar-refractivity contribution in [2.75, 3.05) is 0 Å². The molecule has 5 nitrogen and oxygen atoms in total. The summed E-state index contributed by atoms with van der Waals surface area (Å²) < 4.78 is 5.80. The van der Waals surface area contributed by atoms with Gasteiger partial charge in [0.2, 0.25) is 5.89 Å². The number of nitrogens with zero attached hydrogens (tertiary/aromatic N) is 2. The van der Waals surface area contributed by atoms with E-state index in [0.29, 0.717) is 11.4 Å². The number of hydrogen-bond acceptors (Lipinski definition) is 4. The third-order valence-electron chi connectivity index (χ3n) is 2.24. The second kappa shape index (κ2) is 4.67. The summed E-state index contributed by atoms with van der Waals surface area (Å²) >= 11 is 3.29. The van der Waals surface area contributed by atoms with Crippen LogP contribution >= 0.6 is 15.9 Å². The number of aliphatic carboxylic acids is 1. The summed E-state index contributed by atoms with van der Waals surface area (Å²) in [5.41, 5.74) is 0.601. The highest BCUT2D eigenvalue weighted by molar-refractivity contribution is 9.10. The van der Waals surface area contributed by atoms with Gasteiger partial charge in [-0.05, 0) is 24.6 Å². The van der Waals surface area contributed by atoms with Crippen LogP contribution in [0.4, 0.5) is 0 Å². The van der Waals surface area contributed by atoms with Gasteiger partial charge in [0.05, 0.1) is 0 Å². The number of carboxylic acid groups (broad SMARTS) is 1. The van der Waals surface area contributed by atoms with E-state index in [-0.39, 0.29) is 5.89 Å². The SMILES string of the molecule is Cc1noc(C(C(=O)O)c2ccc(Br)cc2)n1. The molecule has 0 amide bonds. The van der Waals surface area contributed by atoms with E-state index in [1.54, 1.807) is 31.2 Å². The fraction of sp³-hybridized carbons (Fsp3) is 0.182. The lowest BCUT2D eigenvalue weighted by Crippen LogP contribution is -2.13. The highest BCUT2D eigenvalue weighted by Crippen LogP contribution is 2.25. The Morgan fingerprint density at radius 2 is 2.06 bits per heavy atom. The summed E-state index contributed by atoms with van der Waals surface area (Å²) in [6, 6.07) is 6.97. The number of carbonyl (C=O) groups is 1. The fourth-order valence-corrected chi connectivity index (χ4v) is 1.74. The molecule has 1 unspecified atom stereocenters. The smallest absolute Gasteiger partial charge is 0.320 e. The first-order valence-electron chi connectivity index (χ1n) is 4.86. The van der Waals surface area contributed by atoms with Crippen LogP contribution in [0.5, 0.6) is 0 Å². The number of hydrogen-bond donors (Lipinski definition) is 1. The van der Waals surface area contributed by atoms with E-state index < -0.39 is 11.9 Å². The van der Waals surface area contributed by atoms with Crippen LogP contribution in [-0.2, 0) is 4.79 Å². The van der Waals surface area contributed by atoms with Crippen LogP contribution in [0.3, 0.4) is 0 Å². The van der Waals surface area contributed by atoms with Gasteiger partial charge in [-0.2, -0.15) is 4.98 Å². The first-order valence-corrected chi connectivity index (χ1v) is 5.65. The zero-order valence-corrected chi connectivity index (χ0v) is 10.5. The molecule has 1 atom stereocenters. The van der Waals surface area contributed by atoms with Gasteiger partial charge >= 0.3 is 5.97 Å². The lowest BCUT2D eigenvalue weighted by atomic mass is 9.99. The van der Waals surface area contributed by atoms with E-state index in [9.17, 15) is 9.90 Å². The van der Waals surface area contributed by atoms with E-state index in [1.165, 1.54) is 0 Å². The van der Waals surface area contributed by atoms with Crippen molar-refractivity contribution < 1.29 is 14.4 Å². The minimum atomic E-state index is -1.02. The molecule has 0 saturated carbocycles. The quantitative estimate of drug-likeness (QED) is 0.941. The molecule has 0 aliphatic heterocycles. The Bertz CT molecular complexity index is 536. The predicted octanol–water partition coefficient (Wildman–Crippen LogP) is 2.36. The maximum Gasteiger partial charge on any atom is 0.320 e. The van der Waals surface area contributed by atoms with E-state index in [2.05, 4.69) is 26.1 Å². The van der Waals surface area contributed by atoms with Crippen molar-refractivity contribution in [3.05, 3.63) is 46.0 Å². The lowest BCUT2D eigenvalue weighted by Gasteiger charge is -2.07. The topological polar surface area (TPSA) is 76.2 Å². The van der Waals surface area contributed by atoms with Crippen molar-refractivity contribution >= 4 is 21.9 Å². The molecule has 2 rings (SSSR count). The largest absolute Gasteiger partial charge is 0.480 e. The summed E-state index contributed by atoms with van der Waals surface area (Å²) in [4.78, 5) is 15.2. The van der Waals surface area contributed by atoms with Crippen molar-refractivity contribution in [3.63, 3.8) is 0 Å². The standard InChI is InChI=1S/C11H9BrN2O3/c1-6-13-10(17-14-6)9(11(15)16)7-2-4-8(12)5-3-7/h2-5,9H,1H3,(H,15,16). The van der Waals surface area contributed by atoms with Gasteiger partial charge in [0.1, 0.15) is 0 Å². The molecule has 17 heavy (non-hydrogen) atoms. The Kier molecular flexibility index (Phi) is 3.23. The molecule has 0 fully saturated rings. The molecule has 1 N–H and O–H groups in total. The van der Waals surface area contributed by atoms with Gasteiger partial charge in [0, 0.05) is 4.47 Å². The van der Waals surface area contributed by atoms with Gasteiger partial charge in [0.25, 0.3) is 0 Å². The first-order chi connectivity index (χ1) is 8.08. The normalized spacial score (nSPS) is 12.4. The highest BCUT2D eigenvalue weighted by atomic mass is 79.9. The summed E-state index contributed by atoms with van der Waals surface area (Å²) in [6.45, 7) is 1.65. The molecular formula is C11H9BrN2O3. The lowest BCUT2D eigenvalue weighted by molar-refractivity contribution is -0.138. The van der Waals surface area contributed by atoms with E-state index >= 15 is 0 Å². The second-order valence-corrected chi connectivity index (χ2v) is 4.42. The molecule has 6 heteroatoms. The maximum atomic E-state index is 11.3. The third-order valence-corrected chi connectivity index (χ3v) is 2.77. The molecular weight excluding hydrogens is 288 g/mol. The Balaban J connectivity index is 2.42. The van der Waals surface area contributed by atoms with Gasteiger partial charge < -0.3 is 9.63 Å². The molecule has 88 valence electrons. The van der Waals surface area contributed by atoms with Crippen molar-refractivity contribution in [2.24, 2.45) is 0 Å². The monoisotopic (exact) mass is 296 g/mol. The van der Waals surface area contributed by atoms with E-state index in [4.69, 9.17) is 4.52 Å². The van der Waals surface area contributed by atoms with Gasteiger partial charge in [-0.15, -0.1) is 0 Å². The summed E-state index contributed by atoms with van der Waals surface area (Å²) in [5, 5.41) is 12.8.